The lowest BCUT2D eigenvalue weighted by atomic mass is 9.97. The largest absolute Gasteiger partial charge is 0.444 e. The molecule has 0 heterocycles. The summed E-state index contributed by atoms with van der Waals surface area (Å²) in [5, 5.41) is 2.97. The van der Waals surface area contributed by atoms with Crippen molar-refractivity contribution in [1.82, 2.24) is 5.32 Å². The van der Waals surface area contributed by atoms with Crippen LogP contribution in [0.15, 0.2) is 54.6 Å². The first kappa shape index (κ1) is 16.1. The Hall–Kier alpha value is -2.29. The smallest absolute Gasteiger partial charge is 0.408 e. The molecule has 0 bridgehead atoms. The fourth-order valence-electron chi connectivity index (χ4n) is 2.28. The van der Waals surface area contributed by atoms with Crippen molar-refractivity contribution in [3.8, 4) is 0 Å². The lowest BCUT2D eigenvalue weighted by molar-refractivity contribution is 0.0512. The number of nitrogens with one attached hydrogen (secondary N) is 1. The summed E-state index contributed by atoms with van der Waals surface area (Å²) in [7, 11) is 0. The molecule has 0 aliphatic heterocycles. The second kappa shape index (κ2) is 6.65. The molecule has 3 nitrogen and oxygen atoms in total. The third kappa shape index (κ3) is 4.62. The Morgan fingerprint density at radius 2 is 1.64 bits per heavy atom. The van der Waals surface area contributed by atoms with E-state index in [-0.39, 0.29) is 6.04 Å². The Bertz CT molecular complexity index is 629. The van der Waals surface area contributed by atoms with Crippen molar-refractivity contribution in [1.29, 1.82) is 0 Å². The van der Waals surface area contributed by atoms with Gasteiger partial charge >= 0.3 is 6.09 Å². The van der Waals surface area contributed by atoms with Crippen LogP contribution in [-0.4, -0.2) is 11.7 Å². The van der Waals surface area contributed by atoms with Gasteiger partial charge in [0, 0.05) is 0 Å². The summed E-state index contributed by atoms with van der Waals surface area (Å²) in [6.07, 6.45) is -0.414. The van der Waals surface area contributed by atoms with E-state index in [0.717, 1.165) is 16.7 Å². The van der Waals surface area contributed by atoms with Crippen LogP contribution in [0.4, 0.5) is 4.79 Å². The molecule has 0 aromatic heterocycles. The molecule has 0 saturated carbocycles. The monoisotopic (exact) mass is 297 g/mol. The van der Waals surface area contributed by atoms with Crippen LogP contribution in [0.2, 0.25) is 0 Å². The number of aryl methyl sites for hydroxylation is 1. The van der Waals surface area contributed by atoms with Crippen LogP contribution in [0.5, 0.6) is 0 Å². The van der Waals surface area contributed by atoms with Crippen molar-refractivity contribution in [3.63, 3.8) is 0 Å². The highest BCUT2D eigenvalue weighted by molar-refractivity contribution is 5.69. The van der Waals surface area contributed by atoms with E-state index in [9.17, 15) is 4.79 Å². The number of amides is 1. The summed E-state index contributed by atoms with van der Waals surface area (Å²) in [6.45, 7) is 7.61. The van der Waals surface area contributed by atoms with E-state index in [4.69, 9.17) is 4.74 Å². The first-order valence-electron chi connectivity index (χ1n) is 7.46. The maximum Gasteiger partial charge on any atom is 0.408 e. The van der Waals surface area contributed by atoms with Crippen molar-refractivity contribution in [2.45, 2.75) is 39.3 Å². The van der Waals surface area contributed by atoms with Gasteiger partial charge in [-0.3, -0.25) is 0 Å². The van der Waals surface area contributed by atoms with Crippen molar-refractivity contribution in [2.75, 3.05) is 0 Å². The van der Waals surface area contributed by atoms with E-state index in [1.54, 1.807) is 0 Å². The molecule has 0 aliphatic rings. The standard InChI is InChI=1S/C19H23NO2/c1-14-9-8-12-16(13-14)17(15-10-6-5-7-11-15)20-18(21)22-19(2,3)4/h5-13,17H,1-4H3,(H,20,21)/t17-/m0/s1. The molecule has 0 radical (unpaired) electrons. The number of hydrogen-bond acceptors (Lipinski definition) is 2. The molecule has 2 aromatic rings. The Labute approximate surface area is 132 Å². The van der Waals surface area contributed by atoms with Crippen LogP contribution >= 0.6 is 0 Å². The van der Waals surface area contributed by atoms with Gasteiger partial charge in [-0.25, -0.2) is 4.79 Å². The molecule has 0 saturated heterocycles. The van der Waals surface area contributed by atoms with E-state index in [2.05, 4.69) is 11.4 Å². The molecular formula is C19H23NO2. The first-order chi connectivity index (χ1) is 10.3. The number of alkyl carbamates (subject to hydrolysis) is 1. The zero-order valence-electron chi connectivity index (χ0n) is 13.6. The Morgan fingerprint density at radius 1 is 1.00 bits per heavy atom. The maximum atomic E-state index is 12.2. The minimum atomic E-state index is -0.516. The highest BCUT2D eigenvalue weighted by atomic mass is 16.6. The zero-order valence-corrected chi connectivity index (χ0v) is 13.6. The van der Waals surface area contributed by atoms with E-state index >= 15 is 0 Å². The number of benzene rings is 2. The minimum Gasteiger partial charge on any atom is -0.444 e. The third-order valence-electron chi connectivity index (χ3n) is 3.17. The molecule has 116 valence electrons. The SMILES string of the molecule is Cc1cccc([C@@H](NC(=O)OC(C)(C)C)c2ccccc2)c1. The van der Waals surface area contributed by atoms with Gasteiger partial charge in [0.1, 0.15) is 5.60 Å². The average molecular weight is 297 g/mol. The molecule has 0 spiro atoms. The Kier molecular flexibility index (Phi) is 4.86. The normalized spacial score (nSPS) is 12.5. The second-order valence-electron chi connectivity index (χ2n) is 6.40. The van der Waals surface area contributed by atoms with Gasteiger partial charge < -0.3 is 10.1 Å². The van der Waals surface area contributed by atoms with Crippen molar-refractivity contribution in [2.24, 2.45) is 0 Å². The number of hydrogen-bond donors (Lipinski definition) is 1. The lowest BCUT2D eigenvalue weighted by Crippen LogP contribution is -2.35. The van der Waals surface area contributed by atoms with Gasteiger partial charge in [0.2, 0.25) is 0 Å². The molecular weight excluding hydrogens is 274 g/mol. The summed E-state index contributed by atoms with van der Waals surface area (Å²) in [4.78, 5) is 12.2. The van der Waals surface area contributed by atoms with Crippen LogP contribution in [0.1, 0.15) is 43.5 Å². The van der Waals surface area contributed by atoms with Crippen LogP contribution in [0.25, 0.3) is 0 Å². The zero-order chi connectivity index (χ0) is 16.2. The van der Waals surface area contributed by atoms with Crippen LogP contribution < -0.4 is 5.32 Å². The predicted octanol–water partition coefficient (Wildman–Crippen LogP) is 4.61. The molecule has 2 aromatic carbocycles. The summed E-state index contributed by atoms with van der Waals surface area (Å²) < 4.78 is 5.39. The van der Waals surface area contributed by atoms with Crippen LogP contribution in [0.3, 0.4) is 0 Å². The van der Waals surface area contributed by atoms with E-state index in [0.29, 0.717) is 0 Å². The van der Waals surface area contributed by atoms with Gasteiger partial charge in [-0.15, -0.1) is 0 Å². The third-order valence-corrected chi connectivity index (χ3v) is 3.17. The quantitative estimate of drug-likeness (QED) is 0.898. The molecule has 1 N–H and O–H groups in total. The maximum absolute atomic E-state index is 12.2. The van der Waals surface area contributed by atoms with Gasteiger partial charge in [-0.1, -0.05) is 60.2 Å². The minimum absolute atomic E-state index is 0.226. The molecule has 1 atom stereocenters. The number of carbonyl (C=O) groups excluding carboxylic acids is 1. The van der Waals surface area contributed by atoms with Crippen LogP contribution in [0, 0.1) is 6.92 Å². The van der Waals surface area contributed by atoms with Gasteiger partial charge in [0.05, 0.1) is 6.04 Å². The van der Waals surface area contributed by atoms with Crippen LogP contribution in [-0.2, 0) is 4.74 Å². The highest BCUT2D eigenvalue weighted by Crippen LogP contribution is 2.23. The van der Waals surface area contributed by atoms with Crippen molar-refractivity contribution >= 4 is 6.09 Å². The number of carbonyl (C=O) groups is 1. The van der Waals surface area contributed by atoms with Gasteiger partial charge in [-0.2, -0.15) is 0 Å². The first-order valence-corrected chi connectivity index (χ1v) is 7.46. The van der Waals surface area contributed by atoms with E-state index < -0.39 is 11.7 Å². The predicted molar refractivity (Wildman–Crippen MR) is 88.8 cm³/mol. The average Bonchev–Trinajstić information content (AvgIpc) is 2.44. The number of ether oxygens (including phenoxy) is 1. The number of rotatable bonds is 3. The van der Waals surface area contributed by atoms with E-state index in [1.807, 2.05) is 76.2 Å². The van der Waals surface area contributed by atoms with E-state index in [1.165, 1.54) is 0 Å². The molecule has 22 heavy (non-hydrogen) atoms. The Balaban J connectivity index is 2.29. The van der Waals surface area contributed by atoms with Gasteiger partial charge in [-0.05, 0) is 38.8 Å². The van der Waals surface area contributed by atoms with Gasteiger partial charge in [0.15, 0.2) is 0 Å². The summed E-state index contributed by atoms with van der Waals surface area (Å²) >= 11 is 0. The molecule has 2 rings (SSSR count). The van der Waals surface area contributed by atoms with Crippen molar-refractivity contribution < 1.29 is 9.53 Å². The van der Waals surface area contributed by atoms with Crippen molar-refractivity contribution in [3.05, 3.63) is 71.3 Å². The van der Waals surface area contributed by atoms with Gasteiger partial charge in [0.25, 0.3) is 0 Å². The molecule has 0 fully saturated rings. The summed E-state index contributed by atoms with van der Waals surface area (Å²) in [5.74, 6) is 0. The summed E-state index contributed by atoms with van der Waals surface area (Å²) in [5.41, 5.74) is 2.71. The molecule has 3 heteroatoms. The topological polar surface area (TPSA) is 38.3 Å². The highest BCUT2D eigenvalue weighted by Gasteiger charge is 2.21. The fraction of sp³-hybridized carbons (Fsp3) is 0.316. The lowest BCUT2D eigenvalue weighted by Gasteiger charge is -2.24. The molecule has 0 unspecified atom stereocenters. The fourth-order valence-corrected chi connectivity index (χ4v) is 2.28. The molecule has 0 aliphatic carbocycles. The molecule has 1 amide bonds. The Morgan fingerprint density at radius 3 is 2.23 bits per heavy atom. The summed E-state index contributed by atoms with van der Waals surface area (Å²) in [6, 6.07) is 17.8. The second-order valence-corrected chi connectivity index (χ2v) is 6.40.